The van der Waals surface area contributed by atoms with Gasteiger partial charge in [0.2, 0.25) is 0 Å². The second kappa shape index (κ2) is 7.62. The molecular weight excluding hydrogens is 308 g/mol. The van der Waals surface area contributed by atoms with Crippen molar-refractivity contribution in [2.24, 2.45) is 0 Å². The van der Waals surface area contributed by atoms with E-state index in [0.717, 1.165) is 50.3 Å². The zero-order valence-corrected chi connectivity index (χ0v) is 14.5. The highest BCUT2D eigenvalue weighted by Gasteiger charge is 2.22. The molecule has 4 rings (SSSR count). The number of benzene rings is 2. The van der Waals surface area contributed by atoms with Gasteiger partial charge >= 0.3 is 0 Å². The van der Waals surface area contributed by atoms with E-state index in [9.17, 15) is 0 Å². The normalized spacial score (nSPS) is 16.2. The molecule has 0 amide bonds. The zero-order valence-electron chi connectivity index (χ0n) is 14.5. The van der Waals surface area contributed by atoms with Gasteiger partial charge in [0.05, 0.1) is 0 Å². The first-order valence-electron chi connectivity index (χ1n) is 9.11. The van der Waals surface area contributed by atoms with Gasteiger partial charge in [-0.25, -0.2) is 0 Å². The average molecular weight is 332 g/mol. The third-order valence-corrected chi connectivity index (χ3v) is 5.12. The van der Waals surface area contributed by atoms with Crippen LogP contribution in [0.4, 0.5) is 0 Å². The Bertz CT molecular complexity index is 774. The summed E-state index contributed by atoms with van der Waals surface area (Å²) in [5.74, 6) is 0.989. The monoisotopic (exact) mass is 332 g/mol. The molecule has 0 aliphatic carbocycles. The average Bonchev–Trinajstić information content (AvgIpc) is 3.18. The minimum Gasteiger partial charge on any atom is -0.310 e. The van der Waals surface area contributed by atoms with E-state index in [1.165, 1.54) is 5.56 Å². The maximum absolute atomic E-state index is 4.36. The van der Waals surface area contributed by atoms with E-state index >= 15 is 0 Å². The topological polar surface area (TPSA) is 34.0 Å². The molecule has 1 saturated heterocycles. The molecule has 2 heterocycles. The second-order valence-electron chi connectivity index (χ2n) is 6.74. The van der Waals surface area contributed by atoms with Crippen LogP contribution in [0, 0.1) is 0 Å². The van der Waals surface area contributed by atoms with Gasteiger partial charge in [-0.3, -0.25) is 0 Å². The van der Waals surface area contributed by atoms with Crippen LogP contribution in [0.25, 0.3) is 11.4 Å². The van der Waals surface area contributed by atoms with E-state index in [-0.39, 0.29) is 0 Å². The lowest BCUT2D eigenvalue weighted by molar-refractivity contribution is 0.189. The fraction of sp³-hybridized carbons (Fsp3) is 0.333. The van der Waals surface area contributed by atoms with Crippen molar-refractivity contribution < 1.29 is 0 Å². The molecule has 1 fully saturated rings. The van der Waals surface area contributed by atoms with E-state index in [4.69, 9.17) is 0 Å². The van der Waals surface area contributed by atoms with Gasteiger partial charge in [0.15, 0.2) is 5.82 Å². The molecule has 25 heavy (non-hydrogen) atoms. The fourth-order valence-electron chi connectivity index (χ4n) is 3.66. The van der Waals surface area contributed by atoms with Crippen molar-refractivity contribution >= 4 is 0 Å². The minimum absolute atomic E-state index is 0.498. The van der Waals surface area contributed by atoms with Crippen LogP contribution in [-0.2, 0) is 6.42 Å². The lowest BCUT2D eigenvalue weighted by Crippen LogP contribution is -2.36. The smallest absolute Gasteiger partial charge is 0.164 e. The van der Waals surface area contributed by atoms with Crippen LogP contribution >= 0.6 is 0 Å². The Morgan fingerprint density at radius 1 is 0.880 bits per heavy atom. The minimum atomic E-state index is 0.498. The van der Waals surface area contributed by atoms with E-state index < -0.39 is 0 Å². The molecule has 3 aromatic rings. The molecule has 0 saturated carbocycles. The summed E-state index contributed by atoms with van der Waals surface area (Å²) in [6.45, 7) is 3.43. The highest BCUT2D eigenvalue weighted by Crippen LogP contribution is 2.27. The van der Waals surface area contributed by atoms with Gasteiger partial charge in [-0.15, -0.1) is 10.2 Å². The number of rotatable bonds is 5. The van der Waals surface area contributed by atoms with E-state index in [0.29, 0.717) is 6.04 Å². The van der Waals surface area contributed by atoms with Crippen LogP contribution in [0.3, 0.4) is 0 Å². The van der Waals surface area contributed by atoms with Gasteiger partial charge in [0.1, 0.15) is 6.33 Å². The Kier molecular flexibility index (Phi) is 4.89. The highest BCUT2D eigenvalue weighted by molar-refractivity contribution is 5.54. The number of likely N-dealkylation sites (tertiary alicyclic amines) is 1. The standard InChI is InChI=1S/C21H24N4/c1-3-7-18(8-4-1)11-14-24-15-12-20(13-16-24)25-17-22-23-21(25)19-9-5-2-6-10-19/h1-10,17,20H,11-16H2. The lowest BCUT2D eigenvalue weighted by atomic mass is 10.0. The number of aromatic nitrogens is 3. The fourth-order valence-corrected chi connectivity index (χ4v) is 3.66. The van der Waals surface area contributed by atoms with Gasteiger partial charge in [-0.2, -0.15) is 0 Å². The van der Waals surface area contributed by atoms with Crippen LogP contribution in [-0.4, -0.2) is 39.3 Å². The molecule has 1 aliphatic heterocycles. The van der Waals surface area contributed by atoms with Crippen molar-refractivity contribution in [2.45, 2.75) is 25.3 Å². The summed E-state index contributed by atoms with van der Waals surface area (Å²) in [7, 11) is 0. The van der Waals surface area contributed by atoms with E-state index in [1.807, 2.05) is 12.4 Å². The van der Waals surface area contributed by atoms with Crippen LogP contribution in [0.2, 0.25) is 0 Å². The molecule has 0 unspecified atom stereocenters. The third-order valence-electron chi connectivity index (χ3n) is 5.12. The summed E-state index contributed by atoms with van der Waals surface area (Å²) in [6.07, 6.45) is 5.35. The van der Waals surface area contributed by atoms with Gasteiger partial charge < -0.3 is 9.47 Å². The Morgan fingerprint density at radius 3 is 2.28 bits per heavy atom. The second-order valence-corrected chi connectivity index (χ2v) is 6.74. The number of nitrogens with zero attached hydrogens (tertiary/aromatic N) is 4. The first-order chi connectivity index (χ1) is 12.4. The number of hydrogen-bond acceptors (Lipinski definition) is 3. The van der Waals surface area contributed by atoms with E-state index in [1.54, 1.807) is 0 Å². The summed E-state index contributed by atoms with van der Waals surface area (Å²) in [5.41, 5.74) is 2.57. The Balaban J connectivity index is 1.36. The maximum atomic E-state index is 4.36. The molecule has 128 valence electrons. The number of piperidine rings is 1. The van der Waals surface area contributed by atoms with Crippen LogP contribution < -0.4 is 0 Å². The molecule has 4 heteroatoms. The molecule has 0 atom stereocenters. The largest absolute Gasteiger partial charge is 0.310 e. The molecule has 4 nitrogen and oxygen atoms in total. The Morgan fingerprint density at radius 2 is 1.56 bits per heavy atom. The molecule has 0 N–H and O–H groups in total. The van der Waals surface area contributed by atoms with E-state index in [2.05, 4.69) is 74.3 Å². The molecule has 1 aromatic heterocycles. The lowest BCUT2D eigenvalue weighted by Gasteiger charge is -2.33. The number of hydrogen-bond donors (Lipinski definition) is 0. The van der Waals surface area contributed by atoms with Crippen molar-refractivity contribution in [2.75, 3.05) is 19.6 Å². The van der Waals surface area contributed by atoms with Crippen LogP contribution in [0.1, 0.15) is 24.4 Å². The quantitative estimate of drug-likeness (QED) is 0.712. The first-order valence-corrected chi connectivity index (χ1v) is 9.11. The predicted octanol–water partition coefficient (Wildman–Crippen LogP) is 3.82. The van der Waals surface area contributed by atoms with Crippen molar-refractivity contribution in [1.82, 2.24) is 19.7 Å². The Labute approximate surface area is 149 Å². The van der Waals surface area contributed by atoms with Gasteiger partial charge in [0.25, 0.3) is 0 Å². The summed E-state index contributed by atoms with van der Waals surface area (Å²) < 4.78 is 2.27. The summed E-state index contributed by atoms with van der Waals surface area (Å²) in [4.78, 5) is 2.58. The molecule has 2 aromatic carbocycles. The van der Waals surface area contributed by atoms with Crippen LogP contribution in [0.15, 0.2) is 67.0 Å². The molecular formula is C21H24N4. The molecule has 0 spiro atoms. The third kappa shape index (κ3) is 3.80. The van der Waals surface area contributed by atoms with Crippen LogP contribution in [0.5, 0.6) is 0 Å². The maximum Gasteiger partial charge on any atom is 0.164 e. The van der Waals surface area contributed by atoms with Gasteiger partial charge in [-0.1, -0.05) is 60.7 Å². The summed E-state index contributed by atoms with van der Waals surface area (Å²) in [6, 6.07) is 21.6. The predicted molar refractivity (Wildman–Crippen MR) is 100 cm³/mol. The molecule has 1 aliphatic rings. The van der Waals surface area contributed by atoms with Gasteiger partial charge in [0, 0.05) is 31.2 Å². The SMILES string of the molecule is c1ccc(CCN2CCC(n3cnnc3-c3ccccc3)CC2)cc1. The van der Waals surface area contributed by atoms with Crippen molar-refractivity contribution in [3.63, 3.8) is 0 Å². The van der Waals surface area contributed by atoms with Gasteiger partial charge in [-0.05, 0) is 24.8 Å². The highest BCUT2D eigenvalue weighted by atomic mass is 15.3. The Hall–Kier alpha value is -2.46. The van der Waals surface area contributed by atoms with Crippen molar-refractivity contribution in [3.05, 3.63) is 72.6 Å². The summed E-state index contributed by atoms with van der Waals surface area (Å²) in [5, 5.41) is 8.52. The van der Waals surface area contributed by atoms with Crippen molar-refractivity contribution in [3.8, 4) is 11.4 Å². The summed E-state index contributed by atoms with van der Waals surface area (Å²) >= 11 is 0. The zero-order chi connectivity index (χ0) is 16.9. The molecule has 0 radical (unpaired) electrons. The molecule has 0 bridgehead atoms. The first kappa shape index (κ1) is 16.0. The van der Waals surface area contributed by atoms with Crippen molar-refractivity contribution in [1.29, 1.82) is 0 Å².